The minimum atomic E-state index is -1.000. The van der Waals surface area contributed by atoms with Crippen LogP contribution in [0.1, 0.15) is 12.8 Å². The number of aliphatic carboxylic acids is 1. The number of carbonyl (C=O) groups is 2. The molecule has 1 aliphatic heterocycles. The number of rotatable bonds is 5. The normalized spacial score (nSPS) is 16.2. The molecule has 104 valence electrons. The van der Waals surface area contributed by atoms with E-state index in [1.807, 2.05) is 0 Å². The van der Waals surface area contributed by atoms with Crippen LogP contribution in [0.2, 0.25) is 0 Å². The molecule has 0 aromatic carbocycles. The third-order valence-electron chi connectivity index (χ3n) is 3.11. The number of nitrogens with zero attached hydrogens (tertiary/aromatic N) is 3. The Bertz CT molecular complexity index is 426. The lowest BCUT2D eigenvalue weighted by molar-refractivity contribution is -0.148. The monoisotopic (exact) mass is 267 g/mol. The lowest BCUT2D eigenvalue weighted by atomic mass is 10.1. The zero-order valence-electron chi connectivity index (χ0n) is 10.6. The predicted molar refractivity (Wildman–Crippen MR) is 65.4 cm³/mol. The molecule has 7 nitrogen and oxygen atoms in total. The van der Waals surface area contributed by atoms with Crippen molar-refractivity contribution in [3.05, 3.63) is 18.5 Å². The number of carboxylic acid groups (broad SMARTS) is 1. The minimum absolute atomic E-state index is 0.0621. The van der Waals surface area contributed by atoms with E-state index in [1.165, 1.54) is 9.58 Å². The van der Waals surface area contributed by atoms with Crippen LogP contribution >= 0.6 is 0 Å². The van der Waals surface area contributed by atoms with Crippen molar-refractivity contribution in [2.45, 2.75) is 25.4 Å². The molecule has 0 aliphatic carbocycles. The molecular formula is C12H17N3O4. The van der Waals surface area contributed by atoms with Crippen molar-refractivity contribution in [3.63, 3.8) is 0 Å². The van der Waals surface area contributed by atoms with Crippen LogP contribution in [0.4, 0.5) is 0 Å². The highest BCUT2D eigenvalue weighted by Crippen LogP contribution is 2.15. The van der Waals surface area contributed by atoms with Gasteiger partial charge in [-0.15, -0.1) is 0 Å². The van der Waals surface area contributed by atoms with Gasteiger partial charge in [0.05, 0.1) is 0 Å². The van der Waals surface area contributed by atoms with E-state index in [1.54, 1.807) is 18.5 Å². The largest absolute Gasteiger partial charge is 0.480 e. The Balaban J connectivity index is 2.02. The Hall–Kier alpha value is -1.89. The summed E-state index contributed by atoms with van der Waals surface area (Å²) >= 11 is 0. The lowest BCUT2D eigenvalue weighted by Crippen LogP contribution is -2.47. The molecule has 1 saturated heterocycles. The van der Waals surface area contributed by atoms with Crippen LogP contribution in [-0.2, 0) is 20.9 Å². The van der Waals surface area contributed by atoms with Gasteiger partial charge in [-0.3, -0.25) is 14.3 Å². The molecule has 0 bridgehead atoms. The van der Waals surface area contributed by atoms with Crippen molar-refractivity contribution in [1.82, 2.24) is 14.7 Å². The van der Waals surface area contributed by atoms with Crippen LogP contribution < -0.4 is 0 Å². The Morgan fingerprint density at radius 3 is 2.74 bits per heavy atom. The van der Waals surface area contributed by atoms with Gasteiger partial charge in [0, 0.05) is 31.6 Å². The number of hydrogen-bond donors (Lipinski definition) is 1. The maximum atomic E-state index is 12.2. The Labute approximate surface area is 110 Å². The number of carbonyl (C=O) groups excluding carboxylic acids is 1. The second-order valence-corrected chi connectivity index (χ2v) is 4.46. The van der Waals surface area contributed by atoms with Crippen molar-refractivity contribution in [3.8, 4) is 0 Å². The molecule has 0 unspecified atom stereocenters. The quantitative estimate of drug-likeness (QED) is 0.810. The molecule has 1 aliphatic rings. The summed E-state index contributed by atoms with van der Waals surface area (Å²) in [6, 6.07) is 1.66. The van der Waals surface area contributed by atoms with Gasteiger partial charge in [-0.2, -0.15) is 5.10 Å². The standard InChI is InChI=1S/C12H17N3O4/c16-11(8-14-5-1-4-13-14)15(9-12(17)18)10-2-6-19-7-3-10/h1,4-5,10H,2-3,6-9H2,(H,17,18). The van der Waals surface area contributed by atoms with E-state index >= 15 is 0 Å². The van der Waals surface area contributed by atoms with E-state index < -0.39 is 5.97 Å². The highest BCUT2D eigenvalue weighted by Gasteiger charge is 2.27. The topological polar surface area (TPSA) is 84.7 Å². The Morgan fingerprint density at radius 2 is 2.16 bits per heavy atom. The van der Waals surface area contributed by atoms with E-state index in [0.717, 1.165) is 0 Å². The lowest BCUT2D eigenvalue weighted by Gasteiger charge is -2.33. The molecule has 1 aromatic heterocycles. The van der Waals surface area contributed by atoms with Gasteiger partial charge in [0.15, 0.2) is 0 Å². The van der Waals surface area contributed by atoms with Crippen molar-refractivity contribution >= 4 is 11.9 Å². The number of carboxylic acids is 1. The molecule has 0 saturated carbocycles. The summed E-state index contributed by atoms with van der Waals surface area (Å²) in [5.74, 6) is -1.22. The van der Waals surface area contributed by atoms with E-state index in [0.29, 0.717) is 26.1 Å². The van der Waals surface area contributed by atoms with Crippen LogP contribution in [0, 0.1) is 0 Å². The van der Waals surface area contributed by atoms with Gasteiger partial charge in [-0.05, 0) is 18.9 Å². The zero-order valence-corrected chi connectivity index (χ0v) is 10.6. The molecule has 1 aromatic rings. The van der Waals surface area contributed by atoms with Gasteiger partial charge in [-0.1, -0.05) is 0 Å². The Morgan fingerprint density at radius 1 is 1.42 bits per heavy atom. The predicted octanol–water partition coefficient (Wildman–Crippen LogP) is -0.0247. The van der Waals surface area contributed by atoms with E-state index in [4.69, 9.17) is 9.84 Å². The van der Waals surface area contributed by atoms with Gasteiger partial charge in [0.2, 0.25) is 5.91 Å². The number of aromatic nitrogens is 2. The van der Waals surface area contributed by atoms with Crippen LogP contribution in [0.25, 0.3) is 0 Å². The van der Waals surface area contributed by atoms with Crippen LogP contribution in [0.15, 0.2) is 18.5 Å². The summed E-state index contributed by atoms with van der Waals surface area (Å²) in [7, 11) is 0. The summed E-state index contributed by atoms with van der Waals surface area (Å²) in [5.41, 5.74) is 0. The van der Waals surface area contributed by atoms with Crippen molar-refractivity contribution in [2.75, 3.05) is 19.8 Å². The summed E-state index contributed by atoms with van der Waals surface area (Å²) < 4.78 is 6.73. The molecule has 2 rings (SSSR count). The first-order chi connectivity index (χ1) is 9.16. The van der Waals surface area contributed by atoms with Crippen LogP contribution in [-0.4, -0.2) is 57.5 Å². The molecule has 0 spiro atoms. The molecule has 19 heavy (non-hydrogen) atoms. The summed E-state index contributed by atoms with van der Waals surface area (Å²) in [5, 5.41) is 12.9. The van der Waals surface area contributed by atoms with Gasteiger partial charge < -0.3 is 14.7 Å². The fourth-order valence-corrected chi connectivity index (χ4v) is 2.19. The third kappa shape index (κ3) is 3.78. The van der Waals surface area contributed by atoms with E-state index in [-0.39, 0.29) is 25.0 Å². The summed E-state index contributed by atoms with van der Waals surface area (Å²) in [4.78, 5) is 24.5. The maximum Gasteiger partial charge on any atom is 0.323 e. The third-order valence-corrected chi connectivity index (χ3v) is 3.11. The molecule has 1 amide bonds. The second-order valence-electron chi connectivity index (χ2n) is 4.46. The molecule has 7 heteroatoms. The first-order valence-electron chi connectivity index (χ1n) is 6.23. The van der Waals surface area contributed by atoms with Gasteiger partial charge >= 0.3 is 5.97 Å². The second kappa shape index (κ2) is 6.33. The van der Waals surface area contributed by atoms with Crippen LogP contribution in [0.3, 0.4) is 0 Å². The molecule has 1 fully saturated rings. The maximum absolute atomic E-state index is 12.2. The molecule has 2 heterocycles. The number of ether oxygens (including phenoxy) is 1. The highest BCUT2D eigenvalue weighted by atomic mass is 16.5. The molecule has 0 atom stereocenters. The smallest absolute Gasteiger partial charge is 0.323 e. The van der Waals surface area contributed by atoms with Crippen LogP contribution in [0.5, 0.6) is 0 Å². The summed E-state index contributed by atoms with van der Waals surface area (Å²) in [6.45, 7) is 0.925. The average molecular weight is 267 g/mol. The SMILES string of the molecule is O=C(O)CN(C(=O)Cn1cccn1)C1CCOCC1. The first kappa shape index (κ1) is 13.5. The van der Waals surface area contributed by atoms with Gasteiger partial charge in [0.25, 0.3) is 0 Å². The fourth-order valence-electron chi connectivity index (χ4n) is 2.19. The highest BCUT2D eigenvalue weighted by molar-refractivity contribution is 5.81. The van der Waals surface area contributed by atoms with Gasteiger partial charge in [-0.25, -0.2) is 0 Å². The van der Waals surface area contributed by atoms with Gasteiger partial charge in [0.1, 0.15) is 13.1 Å². The summed E-state index contributed by atoms with van der Waals surface area (Å²) in [6.07, 6.45) is 4.63. The van der Waals surface area contributed by atoms with Crippen molar-refractivity contribution < 1.29 is 19.4 Å². The minimum Gasteiger partial charge on any atom is -0.480 e. The molecule has 0 radical (unpaired) electrons. The first-order valence-corrected chi connectivity index (χ1v) is 6.23. The molecule has 1 N–H and O–H groups in total. The fraction of sp³-hybridized carbons (Fsp3) is 0.583. The van der Waals surface area contributed by atoms with E-state index in [2.05, 4.69) is 5.10 Å². The molecular weight excluding hydrogens is 250 g/mol. The average Bonchev–Trinajstić information content (AvgIpc) is 2.89. The van der Waals surface area contributed by atoms with Crippen molar-refractivity contribution in [2.24, 2.45) is 0 Å². The number of hydrogen-bond acceptors (Lipinski definition) is 4. The Kier molecular flexibility index (Phi) is 4.51. The van der Waals surface area contributed by atoms with E-state index in [9.17, 15) is 9.59 Å². The number of amides is 1. The van der Waals surface area contributed by atoms with Crippen molar-refractivity contribution in [1.29, 1.82) is 0 Å². The zero-order chi connectivity index (χ0) is 13.7.